The van der Waals surface area contributed by atoms with Gasteiger partial charge >= 0.3 is 5.97 Å². The summed E-state index contributed by atoms with van der Waals surface area (Å²) in [5.74, 6) is -1.11. The number of carboxylic acids is 1. The molecule has 0 radical (unpaired) electrons. The SMILES string of the molecule is CCCCC(=O)NC(CCC)C(=O)O.Cl. The highest BCUT2D eigenvalue weighted by molar-refractivity contribution is 5.85. The number of halogens is 1. The molecule has 0 aliphatic carbocycles. The first-order valence-corrected chi connectivity index (χ1v) is 5.14. The molecular weight excluding hydrogens is 218 g/mol. The number of amides is 1. The first-order valence-electron chi connectivity index (χ1n) is 5.14. The number of rotatable bonds is 7. The van der Waals surface area contributed by atoms with Gasteiger partial charge in [-0.05, 0) is 12.8 Å². The maximum absolute atomic E-state index is 11.2. The fourth-order valence-electron chi connectivity index (χ4n) is 1.15. The van der Waals surface area contributed by atoms with Crippen LogP contribution in [0.5, 0.6) is 0 Å². The molecule has 0 aromatic carbocycles. The Hall–Kier alpha value is -0.770. The van der Waals surface area contributed by atoms with Gasteiger partial charge in [-0.3, -0.25) is 4.79 Å². The largest absolute Gasteiger partial charge is 0.480 e. The van der Waals surface area contributed by atoms with E-state index in [2.05, 4.69) is 5.32 Å². The second kappa shape index (κ2) is 9.77. The van der Waals surface area contributed by atoms with Gasteiger partial charge < -0.3 is 10.4 Å². The molecule has 0 aromatic rings. The van der Waals surface area contributed by atoms with E-state index in [1.165, 1.54) is 0 Å². The highest BCUT2D eigenvalue weighted by Gasteiger charge is 2.17. The Morgan fingerprint density at radius 3 is 2.27 bits per heavy atom. The molecule has 0 bridgehead atoms. The quantitative estimate of drug-likeness (QED) is 0.712. The summed E-state index contributed by atoms with van der Waals surface area (Å²) >= 11 is 0. The van der Waals surface area contributed by atoms with Gasteiger partial charge in [0.05, 0.1) is 0 Å². The van der Waals surface area contributed by atoms with Crippen molar-refractivity contribution < 1.29 is 14.7 Å². The Morgan fingerprint density at radius 2 is 1.87 bits per heavy atom. The molecule has 0 aromatic heterocycles. The van der Waals surface area contributed by atoms with E-state index in [-0.39, 0.29) is 18.3 Å². The Balaban J connectivity index is 0. The Bertz CT molecular complexity index is 197. The van der Waals surface area contributed by atoms with Gasteiger partial charge in [0, 0.05) is 6.42 Å². The molecule has 90 valence electrons. The summed E-state index contributed by atoms with van der Waals surface area (Å²) in [6.07, 6.45) is 3.42. The molecule has 2 N–H and O–H groups in total. The van der Waals surface area contributed by atoms with Crippen LogP contribution in [0.3, 0.4) is 0 Å². The molecule has 4 nitrogen and oxygen atoms in total. The summed E-state index contributed by atoms with van der Waals surface area (Å²) in [6.45, 7) is 3.89. The van der Waals surface area contributed by atoms with Gasteiger partial charge in [0.25, 0.3) is 0 Å². The minimum Gasteiger partial charge on any atom is -0.480 e. The van der Waals surface area contributed by atoms with Gasteiger partial charge in [-0.1, -0.05) is 26.7 Å². The van der Waals surface area contributed by atoms with Crippen molar-refractivity contribution in [3.8, 4) is 0 Å². The summed E-state index contributed by atoms with van der Waals surface area (Å²) in [7, 11) is 0. The molecule has 0 saturated carbocycles. The zero-order chi connectivity index (χ0) is 11.0. The van der Waals surface area contributed by atoms with Crippen molar-refractivity contribution in [1.82, 2.24) is 5.32 Å². The van der Waals surface area contributed by atoms with E-state index in [1.807, 2.05) is 13.8 Å². The maximum Gasteiger partial charge on any atom is 0.326 e. The van der Waals surface area contributed by atoms with Crippen molar-refractivity contribution in [1.29, 1.82) is 0 Å². The lowest BCUT2D eigenvalue weighted by atomic mass is 10.1. The van der Waals surface area contributed by atoms with E-state index in [1.54, 1.807) is 0 Å². The summed E-state index contributed by atoms with van der Waals surface area (Å²) in [5.41, 5.74) is 0. The van der Waals surface area contributed by atoms with Crippen LogP contribution in [0, 0.1) is 0 Å². The first-order chi connectivity index (χ1) is 6.61. The number of aliphatic carboxylic acids is 1. The predicted molar refractivity (Wildman–Crippen MR) is 61.2 cm³/mol. The Kier molecular flexibility index (Phi) is 10.8. The molecule has 0 spiro atoms. The molecule has 0 aliphatic rings. The third kappa shape index (κ3) is 8.24. The van der Waals surface area contributed by atoms with E-state index >= 15 is 0 Å². The number of carbonyl (C=O) groups excluding carboxylic acids is 1. The molecule has 1 unspecified atom stereocenters. The van der Waals surface area contributed by atoms with E-state index in [9.17, 15) is 9.59 Å². The van der Waals surface area contributed by atoms with Gasteiger partial charge in [-0.25, -0.2) is 4.79 Å². The first kappa shape index (κ1) is 16.7. The predicted octanol–water partition coefficient (Wildman–Crippen LogP) is 1.97. The lowest BCUT2D eigenvalue weighted by Gasteiger charge is -2.12. The normalized spacial score (nSPS) is 11.3. The highest BCUT2D eigenvalue weighted by atomic mass is 35.5. The van der Waals surface area contributed by atoms with Gasteiger partial charge in [0.15, 0.2) is 0 Å². The van der Waals surface area contributed by atoms with Crippen LogP contribution in [-0.4, -0.2) is 23.0 Å². The summed E-state index contributed by atoms with van der Waals surface area (Å²) in [5, 5.41) is 11.3. The molecule has 15 heavy (non-hydrogen) atoms. The summed E-state index contributed by atoms with van der Waals surface area (Å²) in [6, 6.07) is -0.718. The molecule has 1 atom stereocenters. The summed E-state index contributed by atoms with van der Waals surface area (Å²) < 4.78 is 0. The van der Waals surface area contributed by atoms with Crippen LogP contribution in [0.4, 0.5) is 0 Å². The zero-order valence-electron chi connectivity index (χ0n) is 9.28. The number of hydrogen-bond acceptors (Lipinski definition) is 2. The minimum atomic E-state index is -0.948. The number of unbranched alkanes of at least 4 members (excludes halogenated alkanes) is 1. The third-order valence-corrected chi connectivity index (χ3v) is 1.97. The number of hydrogen-bond donors (Lipinski definition) is 2. The molecule has 5 heteroatoms. The smallest absolute Gasteiger partial charge is 0.326 e. The molecule has 0 heterocycles. The van der Waals surface area contributed by atoms with E-state index in [0.717, 1.165) is 19.3 Å². The van der Waals surface area contributed by atoms with Crippen LogP contribution in [0.25, 0.3) is 0 Å². The molecule has 0 aliphatic heterocycles. The van der Waals surface area contributed by atoms with Crippen molar-refractivity contribution in [2.24, 2.45) is 0 Å². The molecule has 0 saturated heterocycles. The van der Waals surface area contributed by atoms with E-state index in [0.29, 0.717) is 12.8 Å². The topological polar surface area (TPSA) is 66.4 Å². The standard InChI is InChI=1S/C10H19NO3.ClH/c1-3-5-7-9(12)11-8(6-4-2)10(13)14;/h8H,3-7H2,1-2H3,(H,11,12)(H,13,14);1H. The van der Waals surface area contributed by atoms with Crippen LogP contribution in [0.2, 0.25) is 0 Å². The fourth-order valence-corrected chi connectivity index (χ4v) is 1.15. The lowest BCUT2D eigenvalue weighted by molar-refractivity contribution is -0.142. The third-order valence-electron chi connectivity index (χ3n) is 1.97. The van der Waals surface area contributed by atoms with Gasteiger partial charge in [-0.15, -0.1) is 12.4 Å². The van der Waals surface area contributed by atoms with Crippen LogP contribution in [-0.2, 0) is 9.59 Å². The minimum absolute atomic E-state index is 0. The highest BCUT2D eigenvalue weighted by Crippen LogP contribution is 1.99. The average Bonchev–Trinajstić information content (AvgIpc) is 2.14. The van der Waals surface area contributed by atoms with E-state index < -0.39 is 12.0 Å². The van der Waals surface area contributed by atoms with Crippen molar-refractivity contribution in [2.75, 3.05) is 0 Å². The van der Waals surface area contributed by atoms with E-state index in [4.69, 9.17) is 5.11 Å². The molecule has 1 amide bonds. The zero-order valence-corrected chi connectivity index (χ0v) is 10.1. The van der Waals surface area contributed by atoms with Gasteiger partial charge in [-0.2, -0.15) is 0 Å². The number of nitrogens with one attached hydrogen (secondary N) is 1. The van der Waals surface area contributed by atoms with Gasteiger partial charge in [0.1, 0.15) is 6.04 Å². The average molecular weight is 238 g/mol. The van der Waals surface area contributed by atoms with Gasteiger partial charge in [0.2, 0.25) is 5.91 Å². The fraction of sp³-hybridized carbons (Fsp3) is 0.800. The number of carbonyl (C=O) groups is 2. The van der Waals surface area contributed by atoms with Crippen LogP contribution < -0.4 is 5.32 Å². The van der Waals surface area contributed by atoms with Crippen molar-refractivity contribution in [3.63, 3.8) is 0 Å². The Labute approximate surface area is 96.8 Å². The molecule has 0 rings (SSSR count). The second-order valence-corrected chi connectivity index (χ2v) is 3.35. The van der Waals surface area contributed by atoms with Crippen LogP contribution in [0.1, 0.15) is 46.0 Å². The monoisotopic (exact) mass is 237 g/mol. The van der Waals surface area contributed by atoms with Crippen molar-refractivity contribution in [2.45, 2.75) is 52.0 Å². The van der Waals surface area contributed by atoms with Crippen LogP contribution >= 0.6 is 12.4 Å². The lowest BCUT2D eigenvalue weighted by Crippen LogP contribution is -2.40. The number of carboxylic acid groups (broad SMARTS) is 1. The Morgan fingerprint density at radius 1 is 1.27 bits per heavy atom. The second-order valence-electron chi connectivity index (χ2n) is 3.35. The maximum atomic E-state index is 11.2. The molecular formula is C10H20ClNO3. The summed E-state index contributed by atoms with van der Waals surface area (Å²) in [4.78, 5) is 21.9. The van der Waals surface area contributed by atoms with Crippen molar-refractivity contribution >= 4 is 24.3 Å². The molecule has 0 fully saturated rings. The van der Waals surface area contributed by atoms with Crippen LogP contribution in [0.15, 0.2) is 0 Å². The van der Waals surface area contributed by atoms with Crippen molar-refractivity contribution in [3.05, 3.63) is 0 Å².